The van der Waals surface area contributed by atoms with E-state index in [1.165, 1.54) is 6.07 Å². The van der Waals surface area contributed by atoms with Crippen LogP contribution in [0.2, 0.25) is 0 Å². The van der Waals surface area contributed by atoms with Crippen molar-refractivity contribution in [3.05, 3.63) is 58.2 Å². The van der Waals surface area contributed by atoms with Gasteiger partial charge in [-0.15, -0.1) is 0 Å². The SMILES string of the molecule is Cc1cc(C)nc(-n2nc(C)c(CC(=O)Nc3ccc(N4CCOCC4)cc3C(F)(F)F)c2C)n1. The number of nitrogens with zero attached hydrogens (tertiary/aromatic N) is 5. The minimum absolute atomic E-state index is 0.134. The fourth-order valence-electron chi connectivity index (χ4n) is 4.18. The van der Waals surface area contributed by atoms with Crippen LogP contribution in [-0.2, 0) is 22.1 Å². The van der Waals surface area contributed by atoms with E-state index in [9.17, 15) is 18.0 Å². The van der Waals surface area contributed by atoms with Crippen LogP contribution in [0.3, 0.4) is 0 Å². The monoisotopic (exact) mass is 488 g/mol. The summed E-state index contributed by atoms with van der Waals surface area (Å²) < 4.78 is 48.3. The van der Waals surface area contributed by atoms with E-state index in [1.54, 1.807) is 24.6 Å². The Morgan fingerprint density at radius 3 is 2.34 bits per heavy atom. The number of benzene rings is 1. The van der Waals surface area contributed by atoms with Crippen LogP contribution in [0, 0.1) is 27.7 Å². The smallest absolute Gasteiger partial charge is 0.378 e. The summed E-state index contributed by atoms with van der Waals surface area (Å²) in [7, 11) is 0. The molecule has 1 aliphatic rings. The maximum absolute atomic E-state index is 13.8. The van der Waals surface area contributed by atoms with Gasteiger partial charge in [-0.3, -0.25) is 4.79 Å². The molecule has 0 saturated carbocycles. The van der Waals surface area contributed by atoms with E-state index in [0.29, 0.717) is 54.9 Å². The second-order valence-electron chi connectivity index (χ2n) is 8.56. The quantitative estimate of drug-likeness (QED) is 0.586. The third-order valence-electron chi connectivity index (χ3n) is 5.90. The molecule has 186 valence electrons. The van der Waals surface area contributed by atoms with Gasteiger partial charge in [0.25, 0.3) is 5.95 Å². The lowest BCUT2D eigenvalue weighted by Crippen LogP contribution is -2.36. The highest BCUT2D eigenvalue weighted by atomic mass is 19.4. The highest BCUT2D eigenvalue weighted by molar-refractivity contribution is 5.93. The van der Waals surface area contributed by atoms with E-state index in [-0.39, 0.29) is 12.1 Å². The zero-order chi connectivity index (χ0) is 25.3. The maximum Gasteiger partial charge on any atom is 0.418 e. The summed E-state index contributed by atoms with van der Waals surface area (Å²) in [6.07, 6.45) is -4.76. The maximum atomic E-state index is 13.8. The van der Waals surface area contributed by atoms with Crippen LogP contribution >= 0.6 is 0 Å². The van der Waals surface area contributed by atoms with Crippen molar-refractivity contribution >= 4 is 17.3 Å². The summed E-state index contributed by atoms with van der Waals surface area (Å²) in [4.78, 5) is 23.5. The summed E-state index contributed by atoms with van der Waals surface area (Å²) >= 11 is 0. The van der Waals surface area contributed by atoms with Crippen LogP contribution in [0.25, 0.3) is 5.95 Å². The van der Waals surface area contributed by atoms with Gasteiger partial charge in [0.1, 0.15) is 0 Å². The first-order chi connectivity index (χ1) is 16.5. The van der Waals surface area contributed by atoms with E-state index in [4.69, 9.17) is 4.74 Å². The number of hydrogen-bond donors (Lipinski definition) is 1. The topological polar surface area (TPSA) is 85.2 Å². The van der Waals surface area contributed by atoms with Crippen molar-refractivity contribution in [1.82, 2.24) is 19.7 Å². The fraction of sp³-hybridized carbons (Fsp3) is 0.417. The number of carbonyl (C=O) groups is 1. The number of hydrogen-bond acceptors (Lipinski definition) is 6. The number of aryl methyl sites for hydroxylation is 3. The van der Waals surface area contributed by atoms with Crippen molar-refractivity contribution in [2.45, 2.75) is 40.3 Å². The zero-order valence-corrected chi connectivity index (χ0v) is 20.0. The van der Waals surface area contributed by atoms with Crippen molar-refractivity contribution in [2.24, 2.45) is 0 Å². The lowest BCUT2D eigenvalue weighted by Gasteiger charge is -2.29. The van der Waals surface area contributed by atoms with Gasteiger partial charge in [-0.2, -0.15) is 18.3 Å². The summed E-state index contributed by atoms with van der Waals surface area (Å²) in [5.41, 5.74) is 2.69. The molecule has 3 heterocycles. The van der Waals surface area contributed by atoms with Crippen LogP contribution in [0.4, 0.5) is 24.5 Å². The molecule has 3 aromatic rings. The molecule has 0 radical (unpaired) electrons. The van der Waals surface area contributed by atoms with Crippen LogP contribution in [0.15, 0.2) is 24.3 Å². The van der Waals surface area contributed by atoms with Gasteiger partial charge >= 0.3 is 6.18 Å². The molecule has 1 aliphatic heterocycles. The molecule has 0 bridgehead atoms. The predicted molar refractivity (Wildman–Crippen MR) is 125 cm³/mol. The third kappa shape index (κ3) is 5.45. The van der Waals surface area contributed by atoms with Gasteiger partial charge in [-0.25, -0.2) is 14.6 Å². The lowest BCUT2D eigenvalue weighted by atomic mass is 10.1. The second-order valence-corrected chi connectivity index (χ2v) is 8.56. The number of nitrogens with one attached hydrogen (secondary N) is 1. The Morgan fingerprint density at radius 1 is 1.06 bits per heavy atom. The predicted octanol–water partition coefficient (Wildman–Crippen LogP) is 3.93. The van der Waals surface area contributed by atoms with Crippen molar-refractivity contribution in [3.8, 4) is 5.95 Å². The largest absolute Gasteiger partial charge is 0.418 e. The summed E-state index contributed by atoms with van der Waals surface area (Å²) in [6.45, 7) is 9.15. The van der Waals surface area contributed by atoms with Gasteiger partial charge in [0, 0.05) is 41.4 Å². The van der Waals surface area contributed by atoms with E-state index < -0.39 is 17.6 Å². The summed E-state index contributed by atoms with van der Waals surface area (Å²) in [5.74, 6) is -0.186. The van der Waals surface area contributed by atoms with Crippen molar-refractivity contribution in [2.75, 3.05) is 36.5 Å². The molecular formula is C24H27F3N6O2. The minimum atomic E-state index is -4.62. The standard InChI is InChI=1S/C24H27F3N6O2/c1-14-11-15(2)29-23(28-14)33-17(4)19(16(3)31-33)13-22(34)30-21-6-5-18(12-20(21)24(25,26)27)32-7-9-35-10-8-32/h5-6,11-12H,7-10,13H2,1-4H3,(H,30,34). The minimum Gasteiger partial charge on any atom is -0.378 e. The van der Waals surface area contributed by atoms with Crippen LogP contribution < -0.4 is 10.2 Å². The molecule has 0 atom stereocenters. The Kier molecular flexibility index (Phi) is 6.79. The van der Waals surface area contributed by atoms with E-state index in [0.717, 1.165) is 17.5 Å². The molecule has 1 saturated heterocycles. The van der Waals surface area contributed by atoms with Crippen LogP contribution in [0.1, 0.15) is 33.9 Å². The molecule has 35 heavy (non-hydrogen) atoms. The average molecular weight is 489 g/mol. The molecule has 0 unspecified atom stereocenters. The van der Waals surface area contributed by atoms with Crippen molar-refractivity contribution in [3.63, 3.8) is 0 Å². The number of carbonyl (C=O) groups excluding carboxylic acids is 1. The molecule has 2 aromatic heterocycles. The van der Waals surface area contributed by atoms with Gasteiger partial charge in [-0.1, -0.05) is 0 Å². The first-order valence-electron chi connectivity index (χ1n) is 11.2. The van der Waals surface area contributed by atoms with Gasteiger partial charge < -0.3 is 15.0 Å². The Labute approximate surface area is 201 Å². The van der Waals surface area contributed by atoms with Gasteiger partial charge in [0.15, 0.2) is 0 Å². The number of amides is 1. The number of ether oxygens (including phenoxy) is 1. The number of alkyl halides is 3. The molecule has 8 nitrogen and oxygen atoms in total. The van der Waals surface area contributed by atoms with Gasteiger partial charge in [-0.05, 0) is 52.0 Å². The van der Waals surface area contributed by atoms with E-state index in [2.05, 4.69) is 20.4 Å². The van der Waals surface area contributed by atoms with Crippen LogP contribution in [-0.4, -0.2) is 52.0 Å². The molecule has 0 aliphatic carbocycles. The molecular weight excluding hydrogens is 461 g/mol. The molecule has 1 N–H and O–H groups in total. The highest BCUT2D eigenvalue weighted by Crippen LogP contribution is 2.37. The van der Waals surface area contributed by atoms with E-state index in [1.807, 2.05) is 24.8 Å². The van der Waals surface area contributed by atoms with Crippen molar-refractivity contribution in [1.29, 1.82) is 0 Å². The third-order valence-corrected chi connectivity index (χ3v) is 5.90. The first kappa shape index (κ1) is 24.6. The zero-order valence-electron chi connectivity index (χ0n) is 20.0. The molecule has 1 aromatic carbocycles. The summed E-state index contributed by atoms with van der Waals surface area (Å²) in [6, 6.07) is 5.80. The lowest BCUT2D eigenvalue weighted by molar-refractivity contribution is -0.136. The van der Waals surface area contributed by atoms with E-state index >= 15 is 0 Å². The molecule has 4 rings (SSSR count). The average Bonchev–Trinajstić information content (AvgIpc) is 3.07. The molecule has 1 amide bonds. The number of anilines is 2. The molecule has 1 fully saturated rings. The normalized spacial score (nSPS) is 14.3. The molecule has 11 heteroatoms. The van der Waals surface area contributed by atoms with Gasteiger partial charge in [0.05, 0.1) is 36.6 Å². The second kappa shape index (κ2) is 9.65. The molecule has 0 spiro atoms. The van der Waals surface area contributed by atoms with Crippen molar-refractivity contribution < 1.29 is 22.7 Å². The number of rotatable bonds is 5. The Bertz CT molecular complexity index is 1230. The number of halogens is 3. The highest BCUT2D eigenvalue weighted by Gasteiger charge is 2.35. The fourth-order valence-corrected chi connectivity index (χ4v) is 4.18. The summed E-state index contributed by atoms with van der Waals surface area (Å²) in [5, 5.41) is 6.91. The Morgan fingerprint density at radius 2 is 1.71 bits per heavy atom. The Balaban J connectivity index is 1.57. The Hall–Kier alpha value is -3.47. The van der Waals surface area contributed by atoms with Crippen LogP contribution in [0.5, 0.6) is 0 Å². The first-order valence-corrected chi connectivity index (χ1v) is 11.2. The number of morpholine rings is 1. The van der Waals surface area contributed by atoms with Gasteiger partial charge in [0.2, 0.25) is 5.91 Å². The number of aromatic nitrogens is 4.